The first kappa shape index (κ1) is 15.8. The van der Waals surface area contributed by atoms with Crippen LogP contribution in [0.5, 0.6) is 0 Å². The van der Waals surface area contributed by atoms with E-state index in [1.54, 1.807) is 12.4 Å². The van der Waals surface area contributed by atoms with Gasteiger partial charge in [0.05, 0.1) is 19.8 Å². The molecule has 1 amide bonds. The summed E-state index contributed by atoms with van der Waals surface area (Å²) in [6.07, 6.45) is 6.23. The van der Waals surface area contributed by atoms with Crippen LogP contribution < -0.4 is 4.90 Å². The maximum absolute atomic E-state index is 12.7. The SMILES string of the molecule is O=C([C@@H]1C[C@@]2(CCCN(c3ncccn3)C2)CO1)N1CCOCC1. The minimum atomic E-state index is -0.306. The molecule has 0 bridgehead atoms. The lowest BCUT2D eigenvalue weighted by molar-refractivity contribution is -0.144. The second-order valence-electron chi connectivity index (χ2n) is 7.02. The summed E-state index contributed by atoms with van der Waals surface area (Å²) in [6, 6.07) is 1.83. The van der Waals surface area contributed by atoms with E-state index >= 15 is 0 Å². The second-order valence-corrected chi connectivity index (χ2v) is 7.02. The molecule has 7 nitrogen and oxygen atoms in total. The van der Waals surface area contributed by atoms with Crippen LogP contribution in [0.15, 0.2) is 18.5 Å². The number of carbonyl (C=O) groups excluding carboxylic acids is 1. The first-order valence-corrected chi connectivity index (χ1v) is 8.76. The molecular formula is C17H24N4O3. The Labute approximate surface area is 142 Å². The van der Waals surface area contributed by atoms with Crippen molar-refractivity contribution in [2.45, 2.75) is 25.4 Å². The van der Waals surface area contributed by atoms with Gasteiger partial charge in [-0.15, -0.1) is 0 Å². The fourth-order valence-corrected chi connectivity index (χ4v) is 4.05. The number of hydrogen-bond donors (Lipinski definition) is 0. The third-order valence-electron chi connectivity index (χ3n) is 5.30. The maximum Gasteiger partial charge on any atom is 0.251 e. The van der Waals surface area contributed by atoms with Crippen LogP contribution in [0.25, 0.3) is 0 Å². The number of morpholine rings is 1. The molecule has 3 aliphatic rings. The molecule has 0 unspecified atom stereocenters. The molecule has 1 spiro atoms. The van der Waals surface area contributed by atoms with Gasteiger partial charge in [0.2, 0.25) is 5.95 Å². The van der Waals surface area contributed by atoms with Crippen LogP contribution in [0.3, 0.4) is 0 Å². The van der Waals surface area contributed by atoms with E-state index in [0.29, 0.717) is 32.9 Å². The summed E-state index contributed by atoms with van der Waals surface area (Å²) in [4.78, 5) is 25.5. The molecule has 0 aromatic carbocycles. The fourth-order valence-electron chi connectivity index (χ4n) is 4.05. The van der Waals surface area contributed by atoms with Crippen LogP contribution in [0, 0.1) is 5.41 Å². The quantitative estimate of drug-likeness (QED) is 0.795. The fraction of sp³-hybridized carbons (Fsp3) is 0.706. The molecule has 3 saturated heterocycles. The Morgan fingerprint density at radius 2 is 2.00 bits per heavy atom. The average molecular weight is 332 g/mol. The highest BCUT2D eigenvalue weighted by molar-refractivity contribution is 5.81. The lowest BCUT2D eigenvalue weighted by atomic mass is 9.78. The second kappa shape index (κ2) is 6.64. The minimum absolute atomic E-state index is 0.0457. The highest BCUT2D eigenvalue weighted by atomic mass is 16.5. The summed E-state index contributed by atoms with van der Waals surface area (Å²) >= 11 is 0. The Kier molecular flexibility index (Phi) is 4.37. The lowest BCUT2D eigenvalue weighted by Gasteiger charge is -2.39. The van der Waals surface area contributed by atoms with Crippen molar-refractivity contribution in [1.29, 1.82) is 0 Å². The number of piperidine rings is 1. The van der Waals surface area contributed by atoms with E-state index < -0.39 is 0 Å². The molecule has 1 aromatic rings. The lowest BCUT2D eigenvalue weighted by Crippen LogP contribution is -2.47. The molecule has 3 fully saturated rings. The zero-order valence-corrected chi connectivity index (χ0v) is 13.9. The molecule has 0 saturated carbocycles. The maximum atomic E-state index is 12.7. The summed E-state index contributed by atoms with van der Waals surface area (Å²) in [6.45, 7) is 5.09. The zero-order chi connectivity index (χ0) is 16.4. The van der Waals surface area contributed by atoms with Gasteiger partial charge in [0.1, 0.15) is 6.10 Å². The molecule has 7 heteroatoms. The number of rotatable bonds is 2. The third-order valence-corrected chi connectivity index (χ3v) is 5.30. The number of aromatic nitrogens is 2. The van der Waals surface area contributed by atoms with Crippen LogP contribution in [-0.4, -0.2) is 72.9 Å². The summed E-state index contributed by atoms with van der Waals surface area (Å²) in [5.41, 5.74) is 0.0457. The van der Waals surface area contributed by atoms with Crippen molar-refractivity contribution < 1.29 is 14.3 Å². The highest BCUT2D eigenvalue weighted by Crippen LogP contribution is 2.41. The van der Waals surface area contributed by atoms with E-state index in [1.165, 1.54) is 0 Å². The van der Waals surface area contributed by atoms with Crippen molar-refractivity contribution in [2.75, 3.05) is 50.9 Å². The number of nitrogens with zero attached hydrogens (tertiary/aromatic N) is 4. The van der Waals surface area contributed by atoms with Gasteiger partial charge in [-0.2, -0.15) is 0 Å². The standard InChI is InChI=1S/C17H24N4O3/c22-15(20-7-9-23-10-8-20)14-11-17(13-24-14)3-1-6-21(12-17)16-18-4-2-5-19-16/h2,4-5,14H,1,3,6-13H2/t14-,17+/m0/s1. The first-order valence-electron chi connectivity index (χ1n) is 8.76. The van der Waals surface area contributed by atoms with Gasteiger partial charge in [0.25, 0.3) is 5.91 Å². The van der Waals surface area contributed by atoms with Crippen molar-refractivity contribution in [3.63, 3.8) is 0 Å². The van der Waals surface area contributed by atoms with Crippen LogP contribution in [0.2, 0.25) is 0 Å². The summed E-state index contributed by atoms with van der Waals surface area (Å²) < 4.78 is 11.3. The van der Waals surface area contributed by atoms with Gasteiger partial charge in [-0.3, -0.25) is 4.79 Å². The van der Waals surface area contributed by atoms with Crippen molar-refractivity contribution in [3.05, 3.63) is 18.5 Å². The Balaban J connectivity index is 1.42. The van der Waals surface area contributed by atoms with Gasteiger partial charge in [0, 0.05) is 44.0 Å². The largest absolute Gasteiger partial charge is 0.378 e. The summed E-state index contributed by atoms with van der Waals surface area (Å²) in [5, 5.41) is 0. The Hall–Kier alpha value is -1.73. The molecule has 2 atom stereocenters. The van der Waals surface area contributed by atoms with E-state index in [9.17, 15) is 4.79 Å². The molecule has 1 aromatic heterocycles. The van der Waals surface area contributed by atoms with Gasteiger partial charge in [-0.05, 0) is 25.3 Å². The normalized spacial score (nSPS) is 30.8. The van der Waals surface area contributed by atoms with Crippen molar-refractivity contribution >= 4 is 11.9 Å². The predicted molar refractivity (Wildman–Crippen MR) is 87.7 cm³/mol. The summed E-state index contributed by atoms with van der Waals surface area (Å²) in [5.74, 6) is 0.905. The first-order chi connectivity index (χ1) is 11.8. The van der Waals surface area contributed by atoms with Crippen molar-refractivity contribution in [2.24, 2.45) is 5.41 Å². The monoisotopic (exact) mass is 332 g/mol. The molecule has 130 valence electrons. The van der Waals surface area contributed by atoms with E-state index in [2.05, 4.69) is 14.9 Å². The number of carbonyl (C=O) groups is 1. The van der Waals surface area contributed by atoms with E-state index in [-0.39, 0.29) is 17.4 Å². The number of hydrogen-bond acceptors (Lipinski definition) is 6. The minimum Gasteiger partial charge on any atom is -0.378 e. The molecular weight excluding hydrogens is 308 g/mol. The number of ether oxygens (including phenoxy) is 2. The Morgan fingerprint density at radius 3 is 2.79 bits per heavy atom. The summed E-state index contributed by atoms with van der Waals surface area (Å²) in [7, 11) is 0. The number of anilines is 1. The Bertz CT molecular complexity index is 578. The van der Waals surface area contributed by atoms with Gasteiger partial charge >= 0.3 is 0 Å². The van der Waals surface area contributed by atoms with Crippen LogP contribution in [0.1, 0.15) is 19.3 Å². The van der Waals surface area contributed by atoms with Crippen LogP contribution >= 0.6 is 0 Å². The third kappa shape index (κ3) is 3.10. The Morgan fingerprint density at radius 1 is 1.21 bits per heavy atom. The molecule has 0 N–H and O–H groups in total. The van der Waals surface area contributed by atoms with Gasteiger partial charge < -0.3 is 19.3 Å². The van der Waals surface area contributed by atoms with Crippen molar-refractivity contribution in [1.82, 2.24) is 14.9 Å². The van der Waals surface area contributed by atoms with Gasteiger partial charge in [-0.25, -0.2) is 9.97 Å². The van der Waals surface area contributed by atoms with Crippen LogP contribution in [0.4, 0.5) is 5.95 Å². The average Bonchev–Trinajstić information content (AvgIpc) is 3.06. The molecule has 24 heavy (non-hydrogen) atoms. The van der Waals surface area contributed by atoms with E-state index in [4.69, 9.17) is 9.47 Å². The zero-order valence-electron chi connectivity index (χ0n) is 13.9. The topological polar surface area (TPSA) is 67.8 Å². The number of amides is 1. The molecule has 0 aliphatic carbocycles. The predicted octanol–water partition coefficient (Wildman–Crippen LogP) is 0.711. The van der Waals surface area contributed by atoms with Crippen LogP contribution in [-0.2, 0) is 14.3 Å². The van der Waals surface area contributed by atoms with E-state index in [1.807, 2.05) is 11.0 Å². The smallest absolute Gasteiger partial charge is 0.251 e. The molecule has 3 aliphatic heterocycles. The van der Waals surface area contributed by atoms with Crippen molar-refractivity contribution in [3.8, 4) is 0 Å². The van der Waals surface area contributed by atoms with E-state index in [0.717, 1.165) is 38.3 Å². The molecule has 0 radical (unpaired) electrons. The molecule has 4 heterocycles. The van der Waals surface area contributed by atoms with Gasteiger partial charge in [-0.1, -0.05) is 0 Å². The molecule has 4 rings (SSSR count). The van der Waals surface area contributed by atoms with Gasteiger partial charge in [0.15, 0.2) is 0 Å². The highest BCUT2D eigenvalue weighted by Gasteiger charge is 2.46.